The molecule has 0 radical (unpaired) electrons. The minimum Gasteiger partial charge on any atom is -0.368 e. The third kappa shape index (κ3) is 2.84. The first-order valence-corrected chi connectivity index (χ1v) is 8.20. The lowest BCUT2D eigenvalue weighted by molar-refractivity contribution is -0.118. The number of dihydropyridines is 1. The van der Waals surface area contributed by atoms with Crippen molar-refractivity contribution in [2.75, 3.05) is 6.54 Å². The fourth-order valence-corrected chi connectivity index (χ4v) is 2.89. The third-order valence-corrected chi connectivity index (χ3v) is 4.17. The number of hydrogen-bond donors (Lipinski definition) is 3. The summed E-state index contributed by atoms with van der Waals surface area (Å²) in [5, 5.41) is 24.6. The lowest BCUT2D eigenvalue weighted by atomic mass is 10.0. The van der Waals surface area contributed by atoms with Gasteiger partial charge in [0.25, 0.3) is 5.91 Å². The number of benzene rings is 1. The number of hydrogen-bond acceptors (Lipinski definition) is 6. The van der Waals surface area contributed by atoms with Gasteiger partial charge in [0, 0.05) is 18.3 Å². The second-order valence-corrected chi connectivity index (χ2v) is 5.83. The van der Waals surface area contributed by atoms with Crippen molar-refractivity contribution in [2.45, 2.75) is 6.17 Å². The molecule has 1 amide bonds. The zero-order chi connectivity index (χ0) is 17.9. The van der Waals surface area contributed by atoms with Crippen LogP contribution >= 0.6 is 0 Å². The smallest absolute Gasteiger partial charge is 0.276 e. The Hall–Kier alpha value is -3.79. The van der Waals surface area contributed by atoms with Crippen molar-refractivity contribution in [3.63, 3.8) is 0 Å². The van der Waals surface area contributed by atoms with Crippen LogP contribution in [0.25, 0.3) is 0 Å². The molecule has 0 fully saturated rings. The van der Waals surface area contributed by atoms with Gasteiger partial charge in [-0.25, -0.2) is 5.01 Å². The molecule has 26 heavy (non-hydrogen) atoms. The molecule has 4 rings (SSSR count). The summed E-state index contributed by atoms with van der Waals surface area (Å²) in [4.78, 5) is 12.6. The fraction of sp³-hybridized carbons (Fsp3) is 0.105. The maximum absolute atomic E-state index is 12.6. The molecule has 3 N–H and O–H groups in total. The van der Waals surface area contributed by atoms with Gasteiger partial charge < -0.3 is 16.0 Å². The average Bonchev–Trinajstić information content (AvgIpc) is 3.12. The molecule has 1 aromatic carbocycles. The number of carbonyl (C=O) groups is 1. The summed E-state index contributed by atoms with van der Waals surface area (Å²) in [5.41, 5.74) is 2.32. The van der Waals surface area contributed by atoms with Crippen molar-refractivity contribution in [1.82, 2.24) is 21.0 Å². The van der Waals surface area contributed by atoms with E-state index in [1.54, 1.807) is 23.4 Å². The molecule has 128 valence electrons. The lowest BCUT2D eigenvalue weighted by Gasteiger charge is -2.26. The largest absolute Gasteiger partial charge is 0.368 e. The molecule has 0 saturated carbocycles. The van der Waals surface area contributed by atoms with Crippen LogP contribution in [-0.2, 0) is 4.79 Å². The van der Waals surface area contributed by atoms with E-state index in [1.165, 1.54) is 0 Å². The first kappa shape index (κ1) is 15.7. The highest BCUT2D eigenvalue weighted by atomic mass is 16.2. The van der Waals surface area contributed by atoms with Crippen molar-refractivity contribution >= 4 is 11.6 Å². The van der Waals surface area contributed by atoms with Gasteiger partial charge in [0.15, 0.2) is 0 Å². The van der Waals surface area contributed by atoms with Gasteiger partial charge in [0.05, 0.1) is 17.3 Å². The minimum atomic E-state index is -0.263. The van der Waals surface area contributed by atoms with E-state index in [9.17, 15) is 10.1 Å². The normalized spacial score (nSPS) is 20.0. The molecule has 7 heteroatoms. The Kier molecular flexibility index (Phi) is 4.00. The van der Waals surface area contributed by atoms with Gasteiger partial charge in [-0.15, -0.1) is 0 Å². The fourth-order valence-electron chi connectivity index (χ4n) is 2.89. The van der Waals surface area contributed by atoms with Crippen LogP contribution in [0.15, 0.2) is 77.5 Å². The number of nitrogens with zero attached hydrogens (tertiary/aromatic N) is 3. The van der Waals surface area contributed by atoms with Crippen molar-refractivity contribution in [2.24, 2.45) is 5.10 Å². The number of rotatable bonds is 3. The summed E-state index contributed by atoms with van der Waals surface area (Å²) in [7, 11) is 0. The van der Waals surface area contributed by atoms with Gasteiger partial charge in [0.1, 0.15) is 17.7 Å². The predicted molar refractivity (Wildman–Crippen MR) is 97.0 cm³/mol. The lowest BCUT2D eigenvalue weighted by Crippen LogP contribution is -2.40. The highest BCUT2D eigenvalue weighted by Gasteiger charge is 2.31. The molecular weight excluding hydrogens is 328 g/mol. The van der Waals surface area contributed by atoms with Crippen LogP contribution in [0.5, 0.6) is 0 Å². The van der Waals surface area contributed by atoms with Crippen molar-refractivity contribution in [3.05, 3.63) is 83.5 Å². The van der Waals surface area contributed by atoms with Crippen LogP contribution in [0.3, 0.4) is 0 Å². The second-order valence-electron chi connectivity index (χ2n) is 5.83. The standard InChI is InChI=1S/C19H16N6O/c20-11-13-5-1-2-6-14(13)15-8-9-18-22-12-16(25(18)24-15)19(26)23-17-7-3-4-10-21-17/h1-9,12,18,21-22H,10H2,(H,23,26). The molecule has 3 aliphatic heterocycles. The Morgan fingerprint density at radius 3 is 3.08 bits per heavy atom. The zero-order valence-electron chi connectivity index (χ0n) is 13.8. The highest BCUT2D eigenvalue weighted by Crippen LogP contribution is 2.22. The molecule has 1 aromatic rings. The summed E-state index contributed by atoms with van der Waals surface area (Å²) in [5.74, 6) is 0.384. The quantitative estimate of drug-likeness (QED) is 0.761. The Morgan fingerprint density at radius 2 is 2.27 bits per heavy atom. The van der Waals surface area contributed by atoms with E-state index in [1.807, 2.05) is 42.5 Å². The molecule has 7 nitrogen and oxygen atoms in total. The van der Waals surface area contributed by atoms with E-state index in [-0.39, 0.29) is 12.1 Å². The Labute approximate surface area is 150 Å². The van der Waals surface area contributed by atoms with Crippen LogP contribution in [0.2, 0.25) is 0 Å². The van der Waals surface area contributed by atoms with Gasteiger partial charge in [-0.3, -0.25) is 4.79 Å². The van der Waals surface area contributed by atoms with E-state index in [0.717, 1.165) is 5.56 Å². The number of carbonyl (C=O) groups excluding carboxylic acids is 1. The second kappa shape index (κ2) is 6.61. The average molecular weight is 344 g/mol. The molecule has 0 aromatic heterocycles. The first-order chi connectivity index (χ1) is 12.8. The zero-order valence-corrected chi connectivity index (χ0v) is 13.8. The number of amides is 1. The number of hydrazone groups is 1. The Morgan fingerprint density at radius 1 is 1.38 bits per heavy atom. The molecule has 0 spiro atoms. The number of nitrogens with one attached hydrogen (secondary N) is 3. The van der Waals surface area contributed by atoms with E-state index in [0.29, 0.717) is 29.3 Å². The molecule has 0 bridgehead atoms. The summed E-state index contributed by atoms with van der Waals surface area (Å²) < 4.78 is 0. The van der Waals surface area contributed by atoms with E-state index in [4.69, 9.17) is 0 Å². The van der Waals surface area contributed by atoms with Gasteiger partial charge >= 0.3 is 0 Å². The van der Waals surface area contributed by atoms with Crippen LogP contribution in [-0.4, -0.2) is 29.3 Å². The SMILES string of the molecule is N#Cc1ccccc1C1=NN2C(C(=O)NC3=CC=CCN3)=CNC2C=C1. The van der Waals surface area contributed by atoms with Crippen LogP contribution < -0.4 is 16.0 Å². The monoisotopic (exact) mass is 344 g/mol. The number of allylic oxidation sites excluding steroid dienone is 3. The van der Waals surface area contributed by atoms with E-state index >= 15 is 0 Å². The summed E-state index contributed by atoms with van der Waals surface area (Å²) >= 11 is 0. The Bertz CT molecular complexity index is 947. The molecule has 0 aliphatic carbocycles. The van der Waals surface area contributed by atoms with E-state index in [2.05, 4.69) is 27.1 Å². The number of nitriles is 1. The van der Waals surface area contributed by atoms with Crippen molar-refractivity contribution in [1.29, 1.82) is 5.26 Å². The predicted octanol–water partition coefficient (Wildman–Crippen LogP) is 1.02. The van der Waals surface area contributed by atoms with Gasteiger partial charge in [-0.1, -0.05) is 30.4 Å². The van der Waals surface area contributed by atoms with Crippen LogP contribution in [0.4, 0.5) is 0 Å². The van der Waals surface area contributed by atoms with Gasteiger partial charge in [0.2, 0.25) is 0 Å². The summed E-state index contributed by atoms with van der Waals surface area (Å²) in [6, 6.07) is 9.44. The molecule has 1 unspecified atom stereocenters. The Balaban J connectivity index is 1.59. The van der Waals surface area contributed by atoms with E-state index < -0.39 is 0 Å². The summed E-state index contributed by atoms with van der Waals surface area (Å²) in [6.07, 6.45) is 10.8. The molecule has 3 heterocycles. The summed E-state index contributed by atoms with van der Waals surface area (Å²) in [6.45, 7) is 0.672. The third-order valence-electron chi connectivity index (χ3n) is 4.17. The molecule has 0 saturated heterocycles. The molecular formula is C19H16N6O. The maximum Gasteiger partial charge on any atom is 0.276 e. The van der Waals surface area contributed by atoms with Crippen molar-refractivity contribution in [3.8, 4) is 6.07 Å². The topological polar surface area (TPSA) is 92.5 Å². The number of fused-ring (bicyclic) bond motifs is 1. The first-order valence-electron chi connectivity index (χ1n) is 8.20. The minimum absolute atomic E-state index is 0.220. The maximum atomic E-state index is 12.6. The molecule has 3 aliphatic rings. The molecule has 1 atom stereocenters. The van der Waals surface area contributed by atoms with Crippen LogP contribution in [0, 0.1) is 11.3 Å². The van der Waals surface area contributed by atoms with Crippen LogP contribution in [0.1, 0.15) is 11.1 Å². The van der Waals surface area contributed by atoms with Gasteiger partial charge in [-0.05, 0) is 24.3 Å². The highest BCUT2D eigenvalue weighted by molar-refractivity contribution is 6.10. The van der Waals surface area contributed by atoms with Crippen molar-refractivity contribution < 1.29 is 4.79 Å². The van der Waals surface area contributed by atoms with Gasteiger partial charge in [-0.2, -0.15) is 10.4 Å².